The van der Waals surface area contributed by atoms with Crippen molar-refractivity contribution in [2.75, 3.05) is 0 Å². The van der Waals surface area contributed by atoms with Gasteiger partial charge in [-0.15, -0.1) is 11.3 Å². The van der Waals surface area contributed by atoms with Crippen LogP contribution in [0.1, 0.15) is 11.3 Å². The molecule has 0 bridgehead atoms. The first-order valence-corrected chi connectivity index (χ1v) is 8.87. The number of fused-ring (bicyclic) bond motifs is 2. The van der Waals surface area contributed by atoms with Gasteiger partial charge in [0.25, 0.3) is 5.56 Å². The third-order valence-corrected chi connectivity index (χ3v) is 5.32. The molecule has 0 atom stereocenters. The van der Waals surface area contributed by atoms with Crippen molar-refractivity contribution in [2.24, 2.45) is 0 Å². The quantitative estimate of drug-likeness (QED) is 0.423. The average Bonchev–Trinajstić information content (AvgIpc) is 3.01. The Bertz CT molecular complexity index is 1070. The molecule has 0 unspecified atom stereocenters. The van der Waals surface area contributed by atoms with E-state index in [4.69, 9.17) is 0 Å². The molecule has 0 fully saturated rings. The smallest absolute Gasteiger partial charge is 0.258 e. The Morgan fingerprint density at radius 1 is 1.26 bits per heavy atom. The summed E-state index contributed by atoms with van der Waals surface area (Å²) in [6.07, 6.45) is 3.34. The Morgan fingerprint density at radius 2 is 2.17 bits per heavy atom. The van der Waals surface area contributed by atoms with Crippen LogP contribution in [0.5, 0.6) is 0 Å². The minimum Gasteiger partial charge on any atom is -0.269 e. The highest BCUT2D eigenvalue weighted by molar-refractivity contribution is 7.98. The number of nitrogens with zero attached hydrogens (tertiary/aromatic N) is 4. The predicted molar refractivity (Wildman–Crippen MR) is 93.2 cm³/mol. The van der Waals surface area contributed by atoms with Crippen LogP contribution in [0.2, 0.25) is 0 Å². The number of thiophene rings is 1. The Balaban J connectivity index is 1.68. The lowest BCUT2D eigenvalue weighted by atomic mass is 10.3. The first-order valence-electron chi connectivity index (χ1n) is 7.01. The van der Waals surface area contributed by atoms with Gasteiger partial charge in [0.05, 0.1) is 5.69 Å². The molecule has 0 N–H and O–H groups in total. The fourth-order valence-electron chi connectivity index (χ4n) is 2.35. The van der Waals surface area contributed by atoms with Gasteiger partial charge in [0.1, 0.15) is 21.8 Å². The third kappa shape index (κ3) is 2.73. The molecule has 0 saturated carbocycles. The first-order chi connectivity index (χ1) is 11.2. The largest absolute Gasteiger partial charge is 0.269 e. The van der Waals surface area contributed by atoms with Gasteiger partial charge >= 0.3 is 0 Å². The third-order valence-electron chi connectivity index (χ3n) is 3.46. The predicted octanol–water partition coefficient (Wildman–Crippen LogP) is 3.30. The van der Waals surface area contributed by atoms with E-state index in [-0.39, 0.29) is 5.56 Å². The van der Waals surface area contributed by atoms with Gasteiger partial charge in [0.2, 0.25) is 0 Å². The van der Waals surface area contributed by atoms with Crippen LogP contribution in [0.15, 0.2) is 52.0 Å². The zero-order valence-corrected chi connectivity index (χ0v) is 13.9. The Morgan fingerprint density at radius 3 is 3.09 bits per heavy atom. The number of thioether (sulfide) groups is 1. The summed E-state index contributed by atoms with van der Waals surface area (Å²) in [7, 11) is 0. The molecule has 23 heavy (non-hydrogen) atoms. The molecular formula is C16H12N4OS2. The van der Waals surface area contributed by atoms with Crippen molar-refractivity contribution in [3.8, 4) is 0 Å². The summed E-state index contributed by atoms with van der Waals surface area (Å²) in [6.45, 7) is 1.99. The Labute approximate surface area is 140 Å². The highest BCUT2D eigenvalue weighted by Gasteiger charge is 2.08. The van der Waals surface area contributed by atoms with Gasteiger partial charge in [-0.1, -0.05) is 11.8 Å². The second-order valence-electron chi connectivity index (χ2n) is 5.12. The molecule has 0 spiro atoms. The van der Waals surface area contributed by atoms with Crippen LogP contribution >= 0.6 is 23.1 Å². The SMILES string of the molecule is Cc1ccn2c(=O)cc(CSc3ncnc4sccc34)nc2c1. The van der Waals surface area contributed by atoms with Crippen LogP contribution in [-0.2, 0) is 5.75 Å². The maximum absolute atomic E-state index is 12.2. The van der Waals surface area contributed by atoms with E-state index in [1.54, 1.807) is 46.1 Å². The van der Waals surface area contributed by atoms with E-state index in [0.29, 0.717) is 11.4 Å². The molecular weight excluding hydrogens is 328 g/mol. The summed E-state index contributed by atoms with van der Waals surface area (Å²) in [4.78, 5) is 26.3. The van der Waals surface area contributed by atoms with E-state index in [0.717, 1.165) is 26.5 Å². The fraction of sp³-hybridized carbons (Fsp3) is 0.125. The standard InChI is InChI=1S/C16H12N4OS2/c1-10-2-4-20-13(6-10)19-11(7-14(20)21)8-23-16-12-3-5-22-15(12)17-9-18-16/h2-7,9H,8H2,1H3. The van der Waals surface area contributed by atoms with Crippen LogP contribution in [0, 0.1) is 6.92 Å². The van der Waals surface area contributed by atoms with Crippen molar-refractivity contribution in [1.82, 2.24) is 19.4 Å². The Kier molecular flexibility index (Phi) is 3.59. The van der Waals surface area contributed by atoms with Crippen LogP contribution in [0.4, 0.5) is 0 Å². The monoisotopic (exact) mass is 340 g/mol. The molecule has 0 aliphatic rings. The number of aromatic nitrogens is 4. The lowest BCUT2D eigenvalue weighted by Gasteiger charge is -2.05. The minimum atomic E-state index is -0.0611. The van der Waals surface area contributed by atoms with Crippen molar-refractivity contribution < 1.29 is 0 Å². The van der Waals surface area contributed by atoms with Gasteiger partial charge in [-0.3, -0.25) is 9.20 Å². The van der Waals surface area contributed by atoms with Crippen molar-refractivity contribution in [3.05, 3.63) is 63.8 Å². The lowest BCUT2D eigenvalue weighted by molar-refractivity contribution is 1.00. The molecule has 4 heterocycles. The summed E-state index contributed by atoms with van der Waals surface area (Å²) in [5.41, 5.74) is 2.45. The van der Waals surface area contributed by atoms with Gasteiger partial charge in [0.15, 0.2) is 0 Å². The summed E-state index contributed by atoms with van der Waals surface area (Å²) < 4.78 is 1.56. The molecule has 0 radical (unpaired) electrons. The minimum absolute atomic E-state index is 0.0611. The zero-order valence-electron chi connectivity index (χ0n) is 12.3. The van der Waals surface area contributed by atoms with Crippen LogP contribution in [0.3, 0.4) is 0 Å². The summed E-state index contributed by atoms with van der Waals surface area (Å²) in [5.74, 6) is 0.599. The molecule has 4 aromatic rings. The maximum Gasteiger partial charge on any atom is 0.258 e. The Hall–Kier alpha value is -2.25. The normalized spacial score (nSPS) is 11.3. The molecule has 0 saturated heterocycles. The van der Waals surface area contributed by atoms with Crippen molar-refractivity contribution >= 4 is 39.0 Å². The van der Waals surface area contributed by atoms with Gasteiger partial charge in [-0.2, -0.15) is 0 Å². The van der Waals surface area contributed by atoms with Gasteiger partial charge in [-0.05, 0) is 36.1 Å². The topological polar surface area (TPSA) is 60.2 Å². The van der Waals surface area contributed by atoms with E-state index in [9.17, 15) is 4.79 Å². The first kappa shape index (κ1) is 14.3. The molecule has 0 aliphatic heterocycles. The fourth-order valence-corrected chi connectivity index (χ4v) is 4.02. The van der Waals surface area contributed by atoms with E-state index >= 15 is 0 Å². The highest BCUT2D eigenvalue weighted by Crippen LogP contribution is 2.29. The molecule has 7 heteroatoms. The molecule has 4 aromatic heterocycles. The van der Waals surface area contributed by atoms with Crippen LogP contribution in [-0.4, -0.2) is 19.4 Å². The van der Waals surface area contributed by atoms with Gasteiger partial charge < -0.3 is 0 Å². The van der Waals surface area contributed by atoms with Crippen molar-refractivity contribution in [3.63, 3.8) is 0 Å². The van der Waals surface area contributed by atoms with Crippen molar-refractivity contribution in [1.29, 1.82) is 0 Å². The molecule has 0 aromatic carbocycles. The zero-order chi connectivity index (χ0) is 15.8. The van der Waals surface area contributed by atoms with E-state index in [1.165, 1.54) is 0 Å². The summed E-state index contributed by atoms with van der Waals surface area (Å²) in [5, 5.41) is 3.98. The second kappa shape index (κ2) is 5.75. The van der Waals surface area contributed by atoms with Crippen LogP contribution in [0.25, 0.3) is 15.9 Å². The molecule has 114 valence electrons. The maximum atomic E-state index is 12.2. The lowest BCUT2D eigenvalue weighted by Crippen LogP contribution is -2.15. The summed E-state index contributed by atoms with van der Waals surface area (Å²) in [6, 6.07) is 7.42. The van der Waals surface area contributed by atoms with E-state index in [1.807, 2.05) is 30.5 Å². The number of aryl methyl sites for hydroxylation is 1. The number of hydrogen-bond acceptors (Lipinski definition) is 6. The molecule has 5 nitrogen and oxygen atoms in total. The summed E-state index contributed by atoms with van der Waals surface area (Å²) >= 11 is 3.17. The van der Waals surface area contributed by atoms with Crippen molar-refractivity contribution in [2.45, 2.75) is 17.7 Å². The van der Waals surface area contributed by atoms with E-state index in [2.05, 4.69) is 15.0 Å². The number of rotatable bonds is 3. The van der Waals surface area contributed by atoms with Gasteiger partial charge in [-0.25, -0.2) is 15.0 Å². The molecule has 0 aliphatic carbocycles. The molecule has 0 amide bonds. The molecule has 4 rings (SSSR count). The highest BCUT2D eigenvalue weighted by atomic mass is 32.2. The second-order valence-corrected chi connectivity index (χ2v) is 6.98. The van der Waals surface area contributed by atoms with Gasteiger partial charge in [0, 0.05) is 23.4 Å². The van der Waals surface area contributed by atoms with E-state index < -0.39 is 0 Å². The number of hydrogen-bond donors (Lipinski definition) is 0. The average molecular weight is 340 g/mol. The van der Waals surface area contributed by atoms with Crippen LogP contribution < -0.4 is 5.56 Å². The number of pyridine rings is 1.